The summed E-state index contributed by atoms with van der Waals surface area (Å²) in [4.78, 5) is 19.6. The summed E-state index contributed by atoms with van der Waals surface area (Å²) in [7, 11) is -3.75. The van der Waals surface area contributed by atoms with Gasteiger partial charge in [0.05, 0.1) is 13.2 Å². The fourth-order valence-corrected chi connectivity index (χ4v) is 3.85. The van der Waals surface area contributed by atoms with Gasteiger partial charge in [-0.2, -0.15) is 0 Å². The fraction of sp³-hybridized carbons (Fsp3) is 0.885. The second kappa shape index (κ2) is 27.6. The van der Waals surface area contributed by atoms with Gasteiger partial charge in [0.1, 0.15) is 0 Å². The van der Waals surface area contributed by atoms with Crippen molar-refractivity contribution in [2.45, 2.75) is 136 Å². The van der Waals surface area contributed by atoms with Crippen molar-refractivity contribution in [3.05, 3.63) is 12.2 Å². The number of unbranched alkanes of at least 4 members (excludes halogenated alkanes) is 13. The molecule has 3 N–H and O–H groups in total. The van der Waals surface area contributed by atoms with Gasteiger partial charge < -0.3 is 10.6 Å². The van der Waals surface area contributed by atoms with Gasteiger partial charge >= 0.3 is 7.82 Å². The molecular weight excluding hydrogens is 437 g/mol. The zero-order valence-corrected chi connectivity index (χ0v) is 22.8. The van der Waals surface area contributed by atoms with Crippen molar-refractivity contribution < 1.29 is 23.3 Å². The van der Waals surface area contributed by atoms with Crippen LogP contribution in [-0.4, -0.2) is 24.0 Å². The topological polar surface area (TPSA) is 98.9 Å². The lowest BCUT2D eigenvalue weighted by atomic mass is 10.1. The Labute approximate surface area is 204 Å². The Hall–Kier alpha value is -0.680. The van der Waals surface area contributed by atoms with Crippen molar-refractivity contribution in [2.75, 3.05) is 13.2 Å². The van der Waals surface area contributed by atoms with E-state index in [-0.39, 0.29) is 19.1 Å². The third-order valence-corrected chi connectivity index (χ3v) is 6.21. The van der Waals surface area contributed by atoms with Crippen molar-refractivity contribution >= 4 is 13.7 Å². The number of carbonyl (C=O) groups excluding carboxylic acids is 1. The number of amides is 1. The minimum atomic E-state index is -3.75. The van der Waals surface area contributed by atoms with E-state index in [9.17, 15) is 9.36 Å². The van der Waals surface area contributed by atoms with E-state index in [1.165, 1.54) is 70.6 Å². The zero-order valence-electron chi connectivity index (χ0n) is 21.9. The first-order valence-electron chi connectivity index (χ1n) is 13.4. The maximum atomic E-state index is 11.1. The van der Waals surface area contributed by atoms with E-state index in [2.05, 4.69) is 19.1 Å². The van der Waals surface area contributed by atoms with E-state index in [1.54, 1.807) is 0 Å². The van der Waals surface area contributed by atoms with Crippen molar-refractivity contribution in [2.24, 2.45) is 5.73 Å². The van der Waals surface area contributed by atoms with E-state index in [0.29, 0.717) is 6.42 Å². The Morgan fingerprint density at radius 1 is 0.697 bits per heavy atom. The van der Waals surface area contributed by atoms with Crippen molar-refractivity contribution in [3.8, 4) is 0 Å². The van der Waals surface area contributed by atoms with Crippen LogP contribution in [0.1, 0.15) is 136 Å². The predicted octanol–water partition coefficient (Wildman–Crippen LogP) is 8.23. The lowest BCUT2D eigenvalue weighted by molar-refractivity contribution is -0.118. The van der Waals surface area contributed by atoms with E-state index in [4.69, 9.17) is 19.7 Å². The van der Waals surface area contributed by atoms with Crippen LogP contribution in [0.15, 0.2) is 12.2 Å². The lowest BCUT2D eigenvalue weighted by Gasteiger charge is -2.10. The Morgan fingerprint density at radius 2 is 1.09 bits per heavy atom. The Kier molecular flexibility index (Phi) is 28.8. The van der Waals surface area contributed by atoms with Crippen LogP contribution in [-0.2, 0) is 18.4 Å². The highest BCUT2D eigenvalue weighted by Gasteiger charge is 2.19. The molecule has 7 heteroatoms. The maximum absolute atomic E-state index is 11.1. The van der Waals surface area contributed by atoms with Crippen LogP contribution >= 0.6 is 7.82 Å². The number of phosphoric acid groups is 1. The highest BCUT2D eigenvalue weighted by molar-refractivity contribution is 7.47. The first-order chi connectivity index (χ1) is 15.9. The maximum Gasteiger partial charge on any atom is 0.472 e. The molecule has 0 rings (SSSR count). The SMILES string of the molecule is CCCCCCCCC=CCCCCCCCC(N)=O.CCCCOP(=O)(O)OCCCC. The number of nitrogens with two attached hydrogens (primary N) is 1. The van der Waals surface area contributed by atoms with Crippen LogP contribution in [0.2, 0.25) is 0 Å². The number of phosphoric ester groups is 1. The number of hydrogen-bond acceptors (Lipinski definition) is 4. The molecule has 0 atom stereocenters. The smallest absolute Gasteiger partial charge is 0.370 e. The minimum Gasteiger partial charge on any atom is -0.370 e. The van der Waals surface area contributed by atoms with Crippen LogP contribution in [0, 0.1) is 0 Å². The summed E-state index contributed by atoms with van der Waals surface area (Å²) in [6.07, 6.45) is 25.4. The molecule has 0 aliphatic carbocycles. The van der Waals surface area contributed by atoms with E-state index < -0.39 is 7.82 Å². The molecule has 0 unspecified atom stereocenters. The van der Waals surface area contributed by atoms with Crippen LogP contribution < -0.4 is 5.73 Å². The van der Waals surface area contributed by atoms with Gasteiger partial charge in [0.25, 0.3) is 0 Å². The van der Waals surface area contributed by atoms with Crippen molar-refractivity contribution in [3.63, 3.8) is 0 Å². The summed E-state index contributed by atoms with van der Waals surface area (Å²) in [5, 5.41) is 0. The highest BCUT2D eigenvalue weighted by Crippen LogP contribution is 2.43. The third-order valence-electron chi connectivity index (χ3n) is 5.19. The van der Waals surface area contributed by atoms with Gasteiger partial charge in [-0.1, -0.05) is 97.1 Å². The number of allylic oxidation sites excluding steroid dienone is 2. The van der Waals surface area contributed by atoms with Gasteiger partial charge in [0.2, 0.25) is 5.91 Å². The standard InChI is InChI=1S/C18H35NO.C8H19O4P/c1-2-3-4-5-6-7-8-9-10-11-12-13-14-15-16-17-18(19)20;1-3-5-7-11-13(9,10)12-8-6-4-2/h9-10H,2-8,11-17H2,1H3,(H2,19,20);3-8H2,1-2H3,(H,9,10). The summed E-state index contributed by atoms with van der Waals surface area (Å²) in [6.45, 7) is 6.82. The summed E-state index contributed by atoms with van der Waals surface area (Å²) >= 11 is 0. The van der Waals surface area contributed by atoms with Gasteiger partial charge in [-0.25, -0.2) is 4.57 Å². The molecule has 0 saturated heterocycles. The molecule has 0 aromatic heterocycles. The molecule has 0 heterocycles. The summed E-state index contributed by atoms with van der Waals surface area (Å²) in [6, 6.07) is 0. The van der Waals surface area contributed by atoms with Crippen molar-refractivity contribution in [1.29, 1.82) is 0 Å². The van der Waals surface area contributed by atoms with Crippen molar-refractivity contribution in [1.82, 2.24) is 0 Å². The number of rotatable bonds is 23. The van der Waals surface area contributed by atoms with Crippen LogP contribution in [0.3, 0.4) is 0 Å². The lowest BCUT2D eigenvalue weighted by Crippen LogP contribution is -2.09. The van der Waals surface area contributed by atoms with Crippen LogP contribution in [0.4, 0.5) is 0 Å². The molecule has 0 aromatic carbocycles. The highest BCUT2D eigenvalue weighted by atomic mass is 31.2. The number of carbonyl (C=O) groups is 1. The monoisotopic (exact) mass is 491 g/mol. The Balaban J connectivity index is 0. The quantitative estimate of drug-likeness (QED) is 0.0852. The fourth-order valence-electron chi connectivity index (χ4n) is 3.06. The first-order valence-corrected chi connectivity index (χ1v) is 14.9. The normalized spacial score (nSPS) is 11.5. The molecule has 0 aliphatic rings. The first kappa shape index (κ1) is 34.5. The second-order valence-electron chi connectivity index (χ2n) is 8.64. The van der Waals surface area contributed by atoms with Gasteiger partial charge in [-0.05, 0) is 44.9 Å². The van der Waals surface area contributed by atoms with E-state index >= 15 is 0 Å². The average Bonchev–Trinajstić information content (AvgIpc) is 2.77. The molecule has 0 fully saturated rings. The van der Waals surface area contributed by atoms with Gasteiger partial charge in [-0.3, -0.25) is 13.8 Å². The number of hydrogen-bond donors (Lipinski definition) is 2. The second-order valence-corrected chi connectivity index (χ2v) is 10.1. The van der Waals surface area contributed by atoms with Crippen LogP contribution in [0.5, 0.6) is 0 Å². The van der Waals surface area contributed by atoms with Crippen LogP contribution in [0.25, 0.3) is 0 Å². The summed E-state index contributed by atoms with van der Waals surface area (Å²) in [5.74, 6) is -0.164. The zero-order chi connectivity index (χ0) is 25.0. The molecule has 0 saturated carbocycles. The summed E-state index contributed by atoms with van der Waals surface area (Å²) < 4.78 is 20.5. The minimum absolute atomic E-state index is 0.164. The molecule has 198 valence electrons. The Bertz CT molecular complexity index is 471. The van der Waals surface area contributed by atoms with E-state index in [0.717, 1.165) is 38.5 Å². The van der Waals surface area contributed by atoms with E-state index in [1.807, 2.05) is 13.8 Å². The predicted molar refractivity (Wildman–Crippen MR) is 140 cm³/mol. The number of primary amides is 1. The molecule has 0 aliphatic heterocycles. The Morgan fingerprint density at radius 3 is 1.52 bits per heavy atom. The molecule has 0 spiro atoms. The molecule has 0 aromatic rings. The average molecular weight is 492 g/mol. The molecule has 0 bridgehead atoms. The third kappa shape index (κ3) is 33.6. The molecular formula is C26H54NO5P. The van der Waals surface area contributed by atoms with Gasteiger partial charge in [0.15, 0.2) is 0 Å². The summed E-state index contributed by atoms with van der Waals surface area (Å²) in [5.41, 5.74) is 5.10. The van der Waals surface area contributed by atoms with Gasteiger partial charge in [0, 0.05) is 6.42 Å². The van der Waals surface area contributed by atoms with Gasteiger partial charge in [-0.15, -0.1) is 0 Å². The molecule has 6 nitrogen and oxygen atoms in total. The molecule has 1 amide bonds. The molecule has 33 heavy (non-hydrogen) atoms. The largest absolute Gasteiger partial charge is 0.472 e. The molecule has 0 radical (unpaired) electrons.